The SMILES string of the molecule is NC(CN1C(=O)c2ccccc2C1=O)C1CCC1. The number of amides is 2. The number of benzene rings is 1. The summed E-state index contributed by atoms with van der Waals surface area (Å²) in [7, 11) is 0. The minimum absolute atomic E-state index is 0.0824. The van der Waals surface area contributed by atoms with Crippen molar-refractivity contribution in [2.24, 2.45) is 11.7 Å². The Labute approximate surface area is 106 Å². The summed E-state index contributed by atoms with van der Waals surface area (Å²) in [6, 6.07) is 6.87. The number of fused-ring (bicyclic) bond motifs is 1. The van der Waals surface area contributed by atoms with Crippen LogP contribution in [0.3, 0.4) is 0 Å². The van der Waals surface area contributed by atoms with E-state index in [2.05, 4.69) is 0 Å². The van der Waals surface area contributed by atoms with Crippen molar-refractivity contribution in [3.8, 4) is 0 Å². The van der Waals surface area contributed by atoms with Gasteiger partial charge in [-0.25, -0.2) is 0 Å². The van der Waals surface area contributed by atoms with Crippen LogP contribution >= 0.6 is 0 Å². The van der Waals surface area contributed by atoms with E-state index in [1.165, 1.54) is 11.3 Å². The predicted molar refractivity (Wildman–Crippen MR) is 67.1 cm³/mol. The molecule has 1 aromatic carbocycles. The molecular formula is C14H16N2O2. The first-order valence-electron chi connectivity index (χ1n) is 6.39. The molecule has 1 heterocycles. The molecule has 1 atom stereocenters. The maximum atomic E-state index is 12.1. The van der Waals surface area contributed by atoms with Crippen molar-refractivity contribution in [3.63, 3.8) is 0 Å². The molecule has 1 aromatic rings. The molecule has 1 aliphatic carbocycles. The summed E-state index contributed by atoms with van der Waals surface area (Å²) in [5.41, 5.74) is 7.08. The van der Waals surface area contributed by atoms with Gasteiger partial charge in [-0.15, -0.1) is 0 Å². The van der Waals surface area contributed by atoms with Gasteiger partial charge in [0.25, 0.3) is 11.8 Å². The Kier molecular flexibility index (Phi) is 2.67. The fraction of sp³-hybridized carbons (Fsp3) is 0.429. The van der Waals surface area contributed by atoms with Gasteiger partial charge in [0.1, 0.15) is 0 Å². The van der Waals surface area contributed by atoms with Crippen LogP contribution in [0.4, 0.5) is 0 Å². The highest BCUT2D eigenvalue weighted by atomic mass is 16.2. The minimum Gasteiger partial charge on any atom is -0.326 e. The lowest BCUT2D eigenvalue weighted by Crippen LogP contribution is -2.46. The molecule has 18 heavy (non-hydrogen) atoms. The highest BCUT2D eigenvalue weighted by Crippen LogP contribution is 2.30. The van der Waals surface area contributed by atoms with Crippen LogP contribution in [-0.4, -0.2) is 29.3 Å². The first-order valence-corrected chi connectivity index (χ1v) is 6.39. The average Bonchev–Trinajstić information content (AvgIpc) is 2.53. The highest BCUT2D eigenvalue weighted by Gasteiger charge is 2.37. The van der Waals surface area contributed by atoms with Crippen LogP contribution in [0.1, 0.15) is 40.0 Å². The molecule has 0 radical (unpaired) electrons. The average molecular weight is 244 g/mol. The summed E-state index contributed by atoms with van der Waals surface area (Å²) in [6.07, 6.45) is 3.44. The number of carbonyl (C=O) groups excluding carboxylic acids is 2. The van der Waals surface area contributed by atoms with Crippen LogP contribution in [0.2, 0.25) is 0 Å². The van der Waals surface area contributed by atoms with Gasteiger partial charge in [0.15, 0.2) is 0 Å². The Bertz CT molecular complexity index is 473. The molecule has 1 aliphatic heterocycles. The predicted octanol–water partition coefficient (Wildman–Crippen LogP) is 1.41. The van der Waals surface area contributed by atoms with Gasteiger partial charge < -0.3 is 5.73 Å². The zero-order valence-corrected chi connectivity index (χ0v) is 10.1. The van der Waals surface area contributed by atoms with E-state index in [-0.39, 0.29) is 17.9 Å². The molecule has 4 nitrogen and oxygen atoms in total. The largest absolute Gasteiger partial charge is 0.326 e. The van der Waals surface area contributed by atoms with Gasteiger partial charge in [0.05, 0.1) is 11.1 Å². The van der Waals surface area contributed by atoms with Crippen molar-refractivity contribution >= 4 is 11.8 Å². The minimum atomic E-state index is -0.203. The zero-order valence-electron chi connectivity index (χ0n) is 10.1. The second-order valence-electron chi connectivity index (χ2n) is 5.12. The fourth-order valence-corrected chi connectivity index (χ4v) is 2.63. The number of imide groups is 1. The van der Waals surface area contributed by atoms with Gasteiger partial charge in [0, 0.05) is 12.6 Å². The second kappa shape index (κ2) is 4.21. The Hall–Kier alpha value is -1.68. The number of carbonyl (C=O) groups is 2. The quantitative estimate of drug-likeness (QED) is 0.818. The number of hydrogen-bond acceptors (Lipinski definition) is 3. The monoisotopic (exact) mass is 244 g/mol. The van der Waals surface area contributed by atoms with Gasteiger partial charge in [0.2, 0.25) is 0 Å². The smallest absolute Gasteiger partial charge is 0.261 e. The fourth-order valence-electron chi connectivity index (χ4n) is 2.63. The van der Waals surface area contributed by atoms with Crippen LogP contribution in [-0.2, 0) is 0 Å². The lowest BCUT2D eigenvalue weighted by Gasteiger charge is -2.33. The van der Waals surface area contributed by atoms with E-state index in [9.17, 15) is 9.59 Å². The summed E-state index contributed by atoms with van der Waals surface area (Å²) in [6.45, 7) is 0.344. The van der Waals surface area contributed by atoms with E-state index < -0.39 is 0 Å². The van der Waals surface area contributed by atoms with Gasteiger partial charge in [-0.3, -0.25) is 14.5 Å². The van der Waals surface area contributed by atoms with Crippen molar-refractivity contribution < 1.29 is 9.59 Å². The number of hydrogen-bond donors (Lipinski definition) is 1. The number of nitrogens with two attached hydrogens (primary N) is 1. The maximum absolute atomic E-state index is 12.1. The van der Waals surface area contributed by atoms with Crippen molar-refractivity contribution in [3.05, 3.63) is 35.4 Å². The van der Waals surface area contributed by atoms with Crippen molar-refractivity contribution in [1.82, 2.24) is 4.90 Å². The van der Waals surface area contributed by atoms with Gasteiger partial charge in [-0.1, -0.05) is 18.6 Å². The molecule has 1 saturated carbocycles. The van der Waals surface area contributed by atoms with Crippen molar-refractivity contribution in [1.29, 1.82) is 0 Å². The Morgan fingerprint density at radius 1 is 1.17 bits per heavy atom. The molecule has 2 aliphatic rings. The Morgan fingerprint density at radius 3 is 2.17 bits per heavy atom. The Morgan fingerprint density at radius 2 is 1.72 bits per heavy atom. The highest BCUT2D eigenvalue weighted by molar-refractivity contribution is 6.21. The molecule has 0 bridgehead atoms. The normalized spacial score (nSPS) is 20.8. The summed E-state index contributed by atoms with van der Waals surface area (Å²) >= 11 is 0. The summed E-state index contributed by atoms with van der Waals surface area (Å²) in [5, 5.41) is 0. The molecule has 4 heteroatoms. The zero-order chi connectivity index (χ0) is 12.7. The summed E-state index contributed by atoms with van der Waals surface area (Å²) in [5.74, 6) is 0.0602. The molecule has 0 spiro atoms. The molecule has 0 saturated heterocycles. The van der Waals surface area contributed by atoms with Crippen LogP contribution in [0.5, 0.6) is 0 Å². The van der Waals surface area contributed by atoms with E-state index in [4.69, 9.17) is 5.73 Å². The van der Waals surface area contributed by atoms with E-state index >= 15 is 0 Å². The van der Waals surface area contributed by atoms with Crippen LogP contribution < -0.4 is 5.73 Å². The first kappa shape index (κ1) is 11.4. The third-order valence-electron chi connectivity index (χ3n) is 4.03. The van der Waals surface area contributed by atoms with E-state index in [1.54, 1.807) is 24.3 Å². The molecule has 94 valence electrons. The molecule has 1 fully saturated rings. The lowest BCUT2D eigenvalue weighted by atomic mass is 9.80. The van der Waals surface area contributed by atoms with Gasteiger partial charge >= 0.3 is 0 Å². The van der Waals surface area contributed by atoms with Gasteiger partial charge in [-0.05, 0) is 30.9 Å². The Balaban J connectivity index is 1.79. The molecule has 2 N–H and O–H groups in total. The summed E-state index contributed by atoms with van der Waals surface area (Å²) < 4.78 is 0. The third-order valence-corrected chi connectivity index (χ3v) is 4.03. The van der Waals surface area contributed by atoms with Crippen LogP contribution in [0.15, 0.2) is 24.3 Å². The maximum Gasteiger partial charge on any atom is 0.261 e. The second-order valence-corrected chi connectivity index (χ2v) is 5.12. The van der Waals surface area contributed by atoms with Crippen molar-refractivity contribution in [2.75, 3.05) is 6.54 Å². The molecular weight excluding hydrogens is 228 g/mol. The first-order chi connectivity index (χ1) is 8.68. The van der Waals surface area contributed by atoms with Crippen LogP contribution in [0, 0.1) is 5.92 Å². The lowest BCUT2D eigenvalue weighted by molar-refractivity contribution is 0.0622. The van der Waals surface area contributed by atoms with E-state index in [0.717, 1.165) is 12.8 Å². The molecule has 1 unspecified atom stereocenters. The molecule has 3 rings (SSSR count). The van der Waals surface area contributed by atoms with E-state index in [1.807, 2.05) is 0 Å². The van der Waals surface area contributed by atoms with Crippen molar-refractivity contribution in [2.45, 2.75) is 25.3 Å². The molecule has 2 amide bonds. The van der Waals surface area contributed by atoms with Gasteiger partial charge in [-0.2, -0.15) is 0 Å². The molecule has 0 aromatic heterocycles. The van der Waals surface area contributed by atoms with E-state index in [0.29, 0.717) is 23.6 Å². The number of nitrogens with zero attached hydrogens (tertiary/aromatic N) is 1. The third kappa shape index (κ3) is 1.64. The topological polar surface area (TPSA) is 63.4 Å². The number of rotatable bonds is 3. The standard InChI is InChI=1S/C14H16N2O2/c15-12(9-4-3-5-9)8-16-13(17)10-6-1-2-7-11(10)14(16)18/h1-2,6-7,9,12H,3-5,8,15H2. The summed E-state index contributed by atoms with van der Waals surface area (Å²) in [4.78, 5) is 25.5. The van der Waals surface area contributed by atoms with Crippen LogP contribution in [0.25, 0.3) is 0 Å².